The average molecular weight is 368 g/mol. The summed E-state index contributed by atoms with van der Waals surface area (Å²) in [7, 11) is 1.50. The molecule has 0 aromatic rings. The van der Waals surface area contributed by atoms with Gasteiger partial charge in [0.05, 0.1) is 0 Å². The molecule has 0 radical (unpaired) electrons. The van der Waals surface area contributed by atoms with Gasteiger partial charge in [-0.3, -0.25) is 9.59 Å². The van der Waals surface area contributed by atoms with Crippen molar-refractivity contribution in [1.82, 2.24) is 4.90 Å². The first-order chi connectivity index (χ1) is 12.5. The minimum Gasteiger partial charge on any atom is -0.480 e. The van der Waals surface area contributed by atoms with Crippen LogP contribution >= 0.6 is 0 Å². The predicted molar refractivity (Wildman–Crippen MR) is 107 cm³/mol. The quantitative estimate of drug-likeness (QED) is 0.197. The maximum absolute atomic E-state index is 11.7. The molecule has 0 spiro atoms. The van der Waals surface area contributed by atoms with Crippen LogP contribution in [-0.4, -0.2) is 41.4 Å². The lowest BCUT2D eigenvalue weighted by Gasteiger charge is -2.14. The van der Waals surface area contributed by atoms with Crippen molar-refractivity contribution < 1.29 is 14.7 Å². The molecular weight excluding hydrogens is 330 g/mol. The second-order valence-corrected chi connectivity index (χ2v) is 6.74. The van der Waals surface area contributed by atoms with Gasteiger partial charge >= 0.3 is 5.97 Å². The zero-order chi connectivity index (χ0) is 19.6. The number of likely N-dealkylation sites (N-methyl/N-ethyl adjacent to an activating group) is 1. The van der Waals surface area contributed by atoms with E-state index in [4.69, 9.17) is 10.8 Å². The van der Waals surface area contributed by atoms with Gasteiger partial charge in [0.25, 0.3) is 0 Å². The number of carbonyl (C=O) groups is 2. The molecule has 0 bridgehead atoms. The number of guanidine groups is 1. The summed E-state index contributed by atoms with van der Waals surface area (Å²) in [6.45, 7) is 1.96. The van der Waals surface area contributed by atoms with Crippen molar-refractivity contribution in [2.75, 3.05) is 13.6 Å². The smallest absolute Gasteiger partial charge is 0.323 e. The lowest BCUT2D eigenvalue weighted by Crippen LogP contribution is -2.38. The van der Waals surface area contributed by atoms with E-state index in [1.54, 1.807) is 0 Å². The first-order valence-corrected chi connectivity index (χ1v) is 9.92. The molecule has 0 unspecified atom stereocenters. The zero-order valence-corrected chi connectivity index (χ0v) is 16.6. The number of nitrogens with two attached hydrogens (primary N) is 1. The first kappa shape index (κ1) is 24.1. The molecule has 0 fully saturated rings. The number of hydrogen-bond donors (Lipinski definition) is 2. The number of rotatable bonds is 15. The molecule has 0 saturated heterocycles. The standard InChI is InChI=1S/C20H37N3O3/c1-3-4-5-6-7-8-9-10-11-12-13-14-15-16-18(24)22-20(21)23(2)17-19(25)26/h8-9H,3-7,10-17H2,1-2H3,(H,25,26)(H2,21,22,24)/b9-8+. The normalized spacial score (nSPS) is 11.8. The van der Waals surface area contributed by atoms with E-state index < -0.39 is 5.97 Å². The van der Waals surface area contributed by atoms with Crippen LogP contribution in [0.15, 0.2) is 17.1 Å². The van der Waals surface area contributed by atoms with Gasteiger partial charge in [-0.1, -0.05) is 57.6 Å². The van der Waals surface area contributed by atoms with Crippen molar-refractivity contribution in [3.63, 3.8) is 0 Å². The van der Waals surface area contributed by atoms with Crippen molar-refractivity contribution >= 4 is 17.8 Å². The maximum Gasteiger partial charge on any atom is 0.323 e. The van der Waals surface area contributed by atoms with Gasteiger partial charge in [0, 0.05) is 13.5 Å². The molecule has 0 heterocycles. The Morgan fingerprint density at radius 2 is 1.50 bits per heavy atom. The number of nitrogens with zero attached hydrogens (tertiary/aromatic N) is 2. The Morgan fingerprint density at radius 3 is 2.08 bits per heavy atom. The molecule has 26 heavy (non-hydrogen) atoms. The molecule has 3 N–H and O–H groups in total. The summed E-state index contributed by atoms with van der Waals surface area (Å²) in [6.07, 6.45) is 17.9. The third-order valence-electron chi connectivity index (χ3n) is 4.16. The van der Waals surface area contributed by atoms with Gasteiger partial charge in [0.2, 0.25) is 5.91 Å². The summed E-state index contributed by atoms with van der Waals surface area (Å²) < 4.78 is 0. The largest absolute Gasteiger partial charge is 0.480 e. The highest BCUT2D eigenvalue weighted by Crippen LogP contribution is 2.09. The Morgan fingerprint density at radius 1 is 0.962 bits per heavy atom. The zero-order valence-electron chi connectivity index (χ0n) is 16.6. The highest BCUT2D eigenvalue weighted by Gasteiger charge is 2.08. The molecule has 0 rings (SSSR count). The Balaban J connectivity index is 3.58. The summed E-state index contributed by atoms with van der Waals surface area (Å²) in [5.74, 6) is -1.34. The molecule has 150 valence electrons. The molecule has 1 amide bonds. The maximum atomic E-state index is 11.7. The number of carbonyl (C=O) groups excluding carboxylic acids is 1. The molecule has 0 aromatic carbocycles. The van der Waals surface area contributed by atoms with Crippen LogP contribution in [0.5, 0.6) is 0 Å². The molecule has 6 heteroatoms. The van der Waals surface area contributed by atoms with Crippen molar-refractivity contribution in [2.45, 2.75) is 84.0 Å². The van der Waals surface area contributed by atoms with Crippen molar-refractivity contribution in [1.29, 1.82) is 0 Å². The number of aliphatic imine (C=N–C) groups is 1. The molecule has 6 nitrogen and oxygen atoms in total. The Labute approximate surface area is 158 Å². The van der Waals surface area contributed by atoms with Crippen LogP contribution in [0.4, 0.5) is 0 Å². The van der Waals surface area contributed by atoms with E-state index in [-0.39, 0.29) is 18.4 Å². The minimum atomic E-state index is -1.01. The van der Waals surface area contributed by atoms with Crippen LogP contribution in [0.1, 0.15) is 84.0 Å². The topological polar surface area (TPSA) is 96.0 Å². The second-order valence-electron chi connectivity index (χ2n) is 6.74. The van der Waals surface area contributed by atoms with Crippen molar-refractivity contribution in [3.05, 3.63) is 12.2 Å². The van der Waals surface area contributed by atoms with E-state index in [1.165, 1.54) is 56.9 Å². The van der Waals surface area contributed by atoms with Crippen LogP contribution in [-0.2, 0) is 9.59 Å². The highest BCUT2D eigenvalue weighted by molar-refractivity contribution is 5.93. The lowest BCUT2D eigenvalue weighted by atomic mass is 10.1. The Kier molecular flexibility index (Phi) is 15.4. The molecule has 0 atom stereocenters. The van der Waals surface area contributed by atoms with E-state index >= 15 is 0 Å². The SMILES string of the molecule is CCCCCC/C=C/CCCCCCCC(=O)N=C(N)N(C)CC(=O)O. The monoisotopic (exact) mass is 367 g/mol. The summed E-state index contributed by atoms with van der Waals surface area (Å²) in [5.41, 5.74) is 5.60. The first-order valence-electron chi connectivity index (χ1n) is 9.92. The van der Waals surface area contributed by atoms with Crippen LogP contribution < -0.4 is 5.73 Å². The lowest BCUT2D eigenvalue weighted by molar-refractivity contribution is -0.137. The highest BCUT2D eigenvalue weighted by atomic mass is 16.4. The van der Waals surface area contributed by atoms with Crippen molar-refractivity contribution in [3.8, 4) is 0 Å². The van der Waals surface area contributed by atoms with E-state index in [0.29, 0.717) is 6.42 Å². The molecule has 0 aromatic heterocycles. The van der Waals surface area contributed by atoms with E-state index in [9.17, 15) is 9.59 Å². The summed E-state index contributed by atoms with van der Waals surface area (Å²) in [4.78, 5) is 27.2. The van der Waals surface area contributed by atoms with E-state index in [0.717, 1.165) is 25.7 Å². The summed E-state index contributed by atoms with van der Waals surface area (Å²) in [6, 6.07) is 0. The Bertz CT molecular complexity index is 448. The number of amides is 1. The number of aliphatic carboxylic acids is 1. The van der Waals surface area contributed by atoms with Gasteiger partial charge in [0.1, 0.15) is 6.54 Å². The molecule has 0 aliphatic heterocycles. The third kappa shape index (κ3) is 15.7. The van der Waals surface area contributed by atoms with Crippen LogP contribution in [0.2, 0.25) is 0 Å². The third-order valence-corrected chi connectivity index (χ3v) is 4.16. The van der Waals surface area contributed by atoms with Gasteiger partial charge in [-0.05, 0) is 32.1 Å². The van der Waals surface area contributed by atoms with Crippen LogP contribution in [0, 0.1) is 0 Å². The number of hydrogen-bond acceptors (Lipinski definition) is 2. The van der Waals surface area contributed by atoms with Gasteiger partial charge in [-0.2, -0.15) is 4.99 Å². The fraction of sp³-hybridized carbons (Fsp3) is 0.750. The van der Waals surface area contributed by atoms with E-state index in [1.807, 2.05) is 0 Å². The van der Waals surface area contributed by atoms with Gasteiger partial charge in [0.15, 0.2) is 5.96 Å². The molecule has 0 saturated carbocycles. The van der Waals surface area contributed by atoms with Crippen LogP contribution in [0.25, 0.3) is 0 Å². The van der Waals surface area contributed by atoms with Gasteiger partial charge < -0.3 is 15.7 Å². The number of allylic oxidation sites excluding steroid dienone is 2. The minimum absolute atomic E-state index is 0.0427. The molecule has 0 aliphatic carbocycles. The fourth-order valence-corrected chi connectivity index (χ4v) is 2.55. The number of unbranched alkanes of at least 4 members (excludes halogenated alkanes) is 9. The number of carboxylic acid groups (broad SMARTS) is 1. The molecular formula is C20H37N3O3. The van der Waals surface area contributed by atoms with Gasteiger partial charge in [-0.25, -0.2) is 0 Å². The van der Waals surface area contributed by atoms with Crippen molar-refractivity contribution in [2.24, 2.45) is 10.7 Å². The fourth-order valence-electron chi connectivity index (χ4n) is 2.55. The molecule has 0 aliphatic rings. The summed E-state index contributed by atoms with van der Waals surface area (Å²) in [5, 5.41) is 8.66. The average Bonchev–Trinajstić information content (AvgIpc) is 2.58. The Hall–Kier alpha value is -1.85. The number of carboxylic acids is 1. The predicted octanol–water partition coefficient (Wildman–Crippen LogP) is 4.10. The second kappa shape index (κ2) is 16.6. The summed E-state index contributed by atoms with van der Waals surface area (Å²) >= 11 is 0. The van der Waals surface area contributed by atoms with Crippen LogP contribution in [0.3, 0.4) is 0 Å². The van der Waals surface area contributed by atoms with E-state index in [2.05, 4.69) is 24.1 Å². The van der Waals surface area contributed by atoms with Gasteiger partial charge in [-0.15, -0.1) is 0 Å².